The highest BCUT2D eigenvalue weighted by Gasteiger charge is 1.93. The molecule has 0 bridgehead atoms. The third kappa shape index (κ3) is 11.8. The van der Waals surface area contributed by atoms with Crippen molar-refractivity contribution in [2.24, 2.45) is 0 Å². The van der Waals surface area contributed by atoms with Crippen molar-refractivity contribution >= 4 is 11.3 Å². The van der Waals surface area contributed by atoms with Crippen LogP contribution < -0.4 is 0 Å². The van der Waals surface area contributed by atoms with Crippen molar-refractivity contribution in [3.05, 3.63) is 22.4 Å². The molecule has 0 aromatic carbocycles. The largest absolute Gasteiger partial charge is 0.394 e. The van der Waals surface area contributed by atoms with Crippen molar-refractivity contribution in [2.45, 2.75) is 64.2 Å². The van der Waals surface area contributed by atoms with Crippen LogP contribution in [0.4, 0.5) is 0 Å². The van der Waals surface area contributed by atoms with E-state index in [0.29, 0.717) is 6.61 Å². The molecule has 0 spiro atoms. The average Bonchev–Trinajstić information content (AvgIpc) is 3.04. The highest BCUT2D eigenvalue weighted by atomic mass is 32.1. The van der Waals surface area contributed by atoms with Gasteiger partial charge in [0.05, 0.1) is 18.1 Å². The molecule has 2 nitrogen and oxygen atoms in total. The molecule has 3 heteroatoms. The lowest BCUT2D eigenvalue weighted by Crippen LogP contribution is -2.00. The third-order valence-electron chi connectivity index (χ3n) is 3.56. The van der Waals surface area contributed by atoms with Gasteiger partial charge in [-0.1, -0.05) is 62.9 Å². The van der Waals surface area contributed by atoms with Gasteiger partial charge in [-0.15, -0.1) is 11.3 Å². The van der Waals surface area contributed by atoms with Crippen LogP contribution in [0, 0.1) is 11.8 Å². The first kappa shape index (κ1) is 19.2. The summed E-state index contributed by atoms with van der Waals surface area (Å²) in [6.45, 7) is 1.42. The molecule has 0 fully saturated rings. The van der Waals surface area contributed by atoms with Crippen LogP contribution >= 0.6 is 11.3 Å². The lowest BCUT2D eigenvalue weighted by atomic mass is 10.1. The summed E-state index contributed by atoms with van der Waals surface area (Å²) in [4.78, 5) is 1.18. The number of rotatable bonds is 13. The number of hydrogen-bond acceptors (Lipinski definition) is 3. The van der Waals surface area contributed by atoms with Crippen LogP contribution in [0.25, 0.3) is 0 Å². The molecule has 0 radical (unpaired) electrons. The van der Waals surface area contributed by atoms with Gasteiger partial charge < -0.3 is 9.84 Å². The Bertz CT molecular complexity index is 389. The highest BCUT2D eigenvalue weighted by Crippen LogP contribution is 2.11. The molecule has 0 saturated carbocycles. The zero-order valence-corrected chi connectivity index (χ0v) is 14.5. The topological polar surface area (TPSA) is 29.5 Å². The van der Waals surface area contributed by atoms with Crippen LogP contribution in [0.1, 0.15) is 69.1 Å². The molecule has 0 atom stereocenters. The van der Waals surface area contributed by atoms with Gasteiger partial charge in [0.25, 0.3) is 0 Å². The van der Waals surface area contributed by atoms with Gasteiger partial charge >= 0.3 is 0 Å². The quantitative estimate of drug-likeness (QED) is 0.408. The highest BCUT2D eigenvalue weighted by molar-refractivity contribution is 7.10. The molecular formula is C19H30O2S. The molecule has 124 valence electrons. The molecule has 0 aliphatic rings. The van der Waals surface area contributed by atoms with Crippen molar-refractivity contribution in [1.29, 1.82) is 0 Å². The minimum absolute atomic E-state index is 0.139. The fourth-order valence-electron chi connectivity index (χ4n) is 2.32. The lowest BCUT2D eigenvalue weighted by Gasteiger charge is -2.03. The van der Waals surface area contributed by atoms with E-state index in [1.54, 1.807) is 11.3 Å². The number of unbranched alkanes of at least 4 members (excludes halogenated alkanes) is 9. The predicted molar refractivity (Wildman–Crippen MR) is 95.3 cm³/mol. The van der Waals surface area contributed by atoms with Crippen molar-refractivity contribution < 1.29 is 9.84 Å². The summed E-state index contributed by atoms with van der Waals surface area (Å²) in [6, 6.07) is 4.13. The number of hydrogen-bond donors (Lipinski definition) is 1. The van der Waals surface area contributed by atoms with Crippen LogP contribution in [-0.4, -0.2) is 24.9 Å². The lowest BCUT2D eigenvalue weighted by molar-refractivity contribution is 0.0895. The van der Waals surface area contributed by atoms with E-state index in [1.165, 1.54) is 56.2 Å². The Labute approximate surface area is 139 Å². The normalized spacial score (nSPS) is 10.4. The Morgan fingerprint density at radius 2 is 1.59 bits per heavy atom. The summed E-state index contributed by atoms with van der Waals surface area (Å²) in [5.41, 5.74) is 0. The van der Waals surface area contributed by atoms with Crippen LogP contribution in [0.3, 0.4) is 0 Å². The second kappa shape index (κ2) is 15.1. The standard InChI is InChI=1S/C19H30O2S/c20-15-17-21-16-11-9-7-5-3-1-2-4-6-8-10-13-19-14-12-18-22-19/h12,14,18,20H,1-9,11,15-17H2. The Hall–Kier alpha value is -0.820. The second-order valence-electron chi connectivity index (χ2n) is 5.55. The van der Waals surface area contributed by atoms with Crippen LogP contribution in [-0.2, 0) is 4.74 Å². The number of aliphatic hydroxyl groups is 1. The summed E-state index contributed by atoms with van der Waals surface area (Å²) in [7, 11) is 0. The number of ether oxygens (including phenoxy) is 1. The third-order valence-corrected chi connectivity index (χ3v) is 4.34. The van der Waals surface area contributed by atoms with E-state index in [-0.39, 0.29) is 6.61 Å². The van der Waals surface area contributed by atoms with Crippen LogP contribution in [0.15, 0.2) is 17.5 Å². The molecule has 1 heterocycles. The smallest absolute Gasteiger partial charge is 0.0768 e. The minimum Gasteiger partial charge on any atom is -0.394 e. The molecule has 0 unspecified atom stereocenters. The van der Waals surface area contributed by atoms with Gasteiger partial charge in [-0.25, -0.2) is 0 Å². The molecule has 0 saturated heterocycles. The van der Waals surface area contributed by atoms with Gasteiger partial charge in [-0.3, -0.25) is 0 Å². The predicted octanol–water partition coefficient (Wildman–Crippen LogP) is 5.01. The Balaban J connectivity index is 1.75. The van der Waals surface area contributed by atoms with Crippen molar-refractivity contribution in [2.75, 3.05) is 19.8 Å². The second-order valence-corrected chi connectivity index (χ2v) is 6.49. The Morgan fingerprint density at radius 1 is 0.909 bits per heavy atom. The molecule has 0 amide bonds. The van der Waals surface area contributed by atoms with E-state index >= 15 is 0 Å². The first-order valence-electron chi connectivity index (χ1n) is 8.64. The van der Waals surface area contributed by atoms with Crippen molar-refractivity contribution in [3.8, 4) is 11.8 Å². The van der Waals surface area contributed by atoms with E-state index in [0.717, 1.165) is 19.4 Å². The maximum atomic E-state index is 8.57. The van der Waals surface area contributed by atoms with E-state index in [1.807, 2.05) is 0 Å². The zero-order chi connectivity index (χ0) is 15.7. The monoisotopic (exact) mass is 322 g/mol. The molecular weight excluding hydrogens is 292 g/mol. The first-order valence-corrected chi connectivity index (χ1v) is 9.52. The Morgan fingerprint density at radius 3 is 2.23 bits per heavy atom. The molecule has 1 rings (SSSR count). The molecule has 1 aromatic heterocycles. The zero-order valence-electron chi connectivity index (χ0n) is 13.7. The minimum atomic E-state index is 0.139. The maximum Gasteiger partial charge on any atom is 0.0768 e. The number of thiophene rings is 1. The molecule has 0 aliphatic carbocycles. The average molecular weight is 323 g/mol. The van der Waals surface area contributed by atoms with E-state index in [4.69, 9.17) is 9.84 Å². The number of aliphatic hydroxyl groups excluding tert-OH is 1. The maximum absolute atomic E-state index is 8.57. The summed E-state index contributed by atoms with van der Waals surface area (Å²) in [6.07, 6.45) is 12.7. The van der Waals surface area contributed by atoms with Crippen molar-refractivity contribution in [1.82, 2.24) is 0 Å². The SMILES string of the molecule is OCCOCCCCCCCCCCCC#Cc1cccs1. The van der Waals surface area contributed by atoms with Crippen LogP contribution in [0.2, 0.25) is 0 Å². The Kier molecular flexibility index (Phi) is 13.2. The van der Waals surface area contributed by atoms with Gasteiger partial charge in [0, 0.05) is 13.0 Å². The fourth-order valence-corrected chi connectivity index (χ4v) is 2.91. The van der Waals surface area contributed by atoms with Gasteiger partial charge in [-0.05, 0) is 24.3 Å². The van der Waals surface area contributed by atoms with Gasteiger partial charge in [0.1, 0.15) is 0 Å². The van der Waals surface area contributed by atoms with E-state index < -0.39 is 0 Å². The van der Waals surface area contributed by atoms with Gasteiger partial charge in [-0.2, -0.15) is 0 Å². The molecule has 0 aliphatic heterocycles. The summed E-state index contributed by atoms with van der Waals surface area (Å²) in [5, 5.41) is 10.6. The first-order chi connectivity index (χ1) is 10.9. The van der Waals surface area contributed by atoms with Gasteiger partial charge in [0.2, 0.25) is 0 Å². The van der Waals surface area contributed by atoms with E-state index in [9.17, 15) is 0 Å². The van der Waals surface area contributed by atoms with Crippen LogP contribution in [0.5, 0.6) is 0 Å². The summed E-state index contributed by atoms with van der Waals surface area (Å²) >= 11 is 1.72. The van der Waals surface area contributed by atoms with Gasteiger partial charge in [0.15, 0.2) is 0 Å². The summed E-state index contributed by atoms with van der Waals surface area (Å²) < 4.78 is 5.24. The van der Waals surface area contributed by atoms with E-state index in [2.05, 4.69) is 29.4 Å². The summed E-state index contributed by atoms with van der Waals surface area (Å²) in [5.74, 6) is 6.47. The molecule has 1 N–H and O–H groups in total. The fraction of sp³-hybridized carbons (Fsp3) is 0.684. The molecule has 22 heavy (non-hydrogen) atoms. The molecule has 1 aromatic rings. The van der Waals surface area contributed by atoms with Crippen molar-refractivity contribution in [3.63, 3.8) is 0 Å².